The zero-order chi connectivity index (χ0) is 20.2. The summed E-state index contributed by atoms with van der Waals surface area (Å²) in [5, 5.41) is 0. The van der Waals surface area contributed by atoms with Crippen molar-refractivity contribution in [1.29, 1.82) is 0 Å². The van der Waals surface area contributed by atoms with Gasteiger partial charge < -0.3 is 4.90 Å². The Hall–Kier alpha value is -1.21. The van der Waals surface area contributed by atoms with Crippen molar-refractivity contribution < 1.29 is 17.2 Å². The molecule has 1 aromatic carbocycles. The van der Waals surface area contributed by atoms with E-state index >= 15 is 0 Å². The van der Waals surface area contributed by atoms with E-state index in [1.807, 2.05) is 6.07 Å². The number of rotatable bonds is 4. The summed E-state index contributed by atoms with van der Waals surface area (Å²) in [6, 6.07) is 7.52. The van der Waals surface area contributed by atoms with Crippen LogP contribution in [-0.4, -0.2) is 57.7 Å². The first-order valence-electron chi connectivity index (χ1n) is 10.3. The van der Waals surface area contributed by atoms with Gasteiger partial charge in [-0.25, -0.2) is 17.2 Å². The van der Waals surface area contributed by atoms with Crippen LogP contribution in [0.1, 0.15) is 39.0 Å². The molecule has 3 fully saturated rings. The molecule has 156 valence electrons. The van der Waals surface area contributed by atoms with Crippen LogP contribution in [0.5, 0.6) is 0 Å². The number of anilines is 1. The molecule has 1 atom stereocenters. The molecule has 0 bridgehead atoms. The van der Waals surface area contributed by atoms with Gasteiger partial charge in [-0.05, 0) is 56.7 Å². The molecule has 4 nitrogen and oxygen atoms in total. The highest BCUT2D eigenvalue weighted by Gasteiger charge is 2.70. The molecule has 0 unspecified atom stereocenters. The van der Waals surface area contributed by atoms with Crippen LogP contribution >= 0.6 is 0 Å². The fourth-order valence-electron chi connectivity index (χ4n) is 5.08. The number of hydrogen-bond acceptors (Lipinski definition) is 4. The summed E-state index contributed by atoms with van der Waals surface area (Å²) in [6.45, 7) is 5.81. The zero-order valence-corrected chi connectivity index (χ0v) is 17.5. The average Bonchev–Trinajstić information content (AvgIpc) is 3.17. The Morgan fingerprint density at radius 3 is 2.43 bits per heavy atom. The lowest BCUT2D eigenvalue weighted by molar-refractivity contribution is 0.0344. The third-order valence-electron chi connectivity index (χ3n) is 7.14. The van der Waals surface area contributed by atoms with Crippen LogP contribution in [0.15, 0.2) is 29.2 Å². The maximum atomic E-state index is 13.6. The molecular weight excluding hydrogens is 382 g/mol. The van der Waals surface area contributed by atoms with E-state index in [9.17, 15) is 17.2 Å². The van der Waals surface area contributed by atoms with Gasteiger partial charge >= 0.3 is 0 Å². The maximum Gasteiger partial charge on any atom is 0.254 e. The number of hydrogen-bond donors (Lipinski definition) is 0. The van der Waals surface area contributed by atoms with E-state index in [2.05, 4.69) is 16.7 Å². The first-order valence-corrected chi connectivity index (χ1v) is 12.2. The smallest absolute Gasteiger partial charge is 0.254 e. The summed E-state index contributed by atoms with van der Waals surface area (Å²) in [4.78, 5) is 5.08. The minimum atomic E-state index is -3.21. The van der Waals surface area contributed by atoms with E-state index in [1.165, 1.54) is 6.26 Å². The van der Waals surface area contributed by atoms with E-state index < -0.39 is 21.2 Å². The number of sulfone groups is 1. The van der Waals surface area contributed by atoms with Crippen molar-refractivity contribution >= 4 is 15.5 Å². The van der Waals surface area contributed by atoms with Crippen LogP contribution in [0.25, 0.3) is 0 Å². The largest absolute Gasteiger partial charge is 0.369 e. The number of nitrogens with zero attached hydrogens (tertiary/aromatic N) is 2. The Morgan fingerprint density at radius 1 is 1.18 bits per heavy atom. The summed E-state index contributed by atoms with van der Waals surface area (Å²) >= 11 is 0. The fourth-order valence-corrected chi connectivity index (χ4v) is 5.74. The second kappa shape index (κ2) is 6.94. The number of piperazine rings is 1. The third-order valence-corrected chi connectivity index (χ3v) is 8.25. The minimum absolute atomic E-state index is 0.105. The lowest BCUT2D eigenvalue weighted by atomic mass is 9.79. The van der Waals surface area contributed by atoms with Gasteiger partial charge in [-0.3, -0.25) is 4.90 Å². The van der Waals surface area contributed by atoms with Gasteiger partial charge in [0.25, 0.3) is 5.92 Å². The predicted octanol–water partition coefficient (Wildman–Crippen LogP) is 3.82. The van der Waals surface area contributed by atoms with Gasteiger partial charge in [-0.1, -0.05) is 6.07 Å². The summed E-state index contributed by atoms with van der Waals surface area (Å²) < 4.78 is 50.8. The molecular formula is C21H30F2N2O2S. The molecule has 7 heteroatoms. The molecule has 0 amide bonds. The van der Waals surface area contributed by atoms with Crippen molar-refractivity contribution in [2.45, 2.75) is 55.9 Å². The Balaban J connectivity index is 1.32. The molecule has 28 heavy (non-hydrogen) atoms. The second-order valence-corrected chi connectivity index (χ2v) is 11.2. The first-order chi connectivity index (χ1) is 13.1. The second-order valence-electron chi connectivity index (χ2n) is 9.16. The monoisotopic (exact) mass is 412 g/mol. The Morgan fingerprint density at radius 2 is 1.86 bits per heavy atom. The zero-order valence-electron chi connectivity index (χ0n) is 16.7. The third kappa shape index (κ3) is 3.80. The van der Waals surface area contributed by atoms with Crippen molar-refractivity contribution in [2.24, 2.45) is 11.3 Å². The fraction of sp³-hybridized carbons (Fsp3) is 0.714. The minimum Gasteiger partial charge on any atom is -0.369 e. The van der Waals surface area contributed by atoms with E-state index in [0.717, 1.165) is 44.7 Å². The molecule has 0 aromatic heterocycles. The lowest BCUT2D eigenvalue weighted by Crippen LogP contribution is -2.53. The van der Waals surface area contributed by atoms with E-state index in [4.69, 9.17) is 0 Å². The molecule has 1 aliphatic heterocycles. The van der Waals surface area contributed by atoms with Crippen molar-refractivity contribution in [3.05, 3.63) is 24.3 Å². The normalized spacial score (nSPS) is 33.2. The Bertz CT molecular complexity index is 835. The van der Waals surface area contributed by atoms with Gasteiger partial charge in [0.05, 0.1) is 4.90 Å². The first kappa shape index (κ1) is 20.1. The molecule has 0 N–H and O–H groups in total. The van der Waals surface area contributed by atoms with Gasteiger partial charge in [-0.15, -0.1) is 0 Å². The van der Waals surface area contributed by atoms with Crippen LogP contribution in [0, 0.1) is 11.3 Å². The summed E-state index contributed by atoms with van der Waals surface area (Å²) in [5.41, 5.74) is 0.295. The molecule has 2 aliphatic carbocycles. The van der Waals surface area contributed by atoms with E-state index in [0.29, 0.717) is 29.7 Å². The van der Waals surface area contributed by atoms with Crippen molar-refractivity contribution in [2.75, 3.05) is 37.3 Å². The highest BCUT2D eigenvalue weighted by atomic mass is 32.2. The topological polar surface area (TPSA) is 40.6 Å². The van der Waals surface area contributed by atoms with E-state index in [-0.39, 0.29) is 6.42 Å². The number of alkyl halides is 2. The van der Waals surface area contributed by atoms with Gasteiger partial charge in [0, 0.05) is 56.0 Å². The van der Waals surface area contributed by atoms with Crippen LogP contribution in [0.4, 0.5) is 14.5 Å². The van der Waals surface area contributed by atoms with Gasteiger partial charge in [0.2, 0.25) is 0 Å². The quantitative estimate of drug-likeness (QED) is 0.754. The maximum absolute atomic E-state index is 13.6. The highest BCUT2D eigenvalue weighted by Crippen LogP contribution is 2.67. The van der Waals surface area contributed by atoms with Crippen LogP contribution in [0.3, 0.4) is 0 Å². The summed E-state index contributed by atoms with van der Waals surface area (Å²) in [5.74, 6) is -1.89. The summed E-state index contributed by atoms with van der Waals surface area (Å²) in [7, 11) is -3.21. The van der Waals surface area contributed by atoms with E-state index in [1.54, 1.807) is 18.2 Å². The van der Waals surface area contributed by atoms with Gasteiger partial charge in [0.15, 0.2) is 9.84 Å². The predicted molar refractivity (Wildman–Crippen MR) is 107 cm³/mol. The van der Waals surface area contributed by atoms with Gasteiger partial charge in [0.1, 0.15) is 0 Å². The lowest BCUT2D eigenvalue weighted by Gasteiger charge is -2.43. The molecule has 1 saturated heterocycles. The van der Waals surface area contributed by atoms with Crippen molar-refractivity contribution in [3.63, 3.8) is 0 Å². The SMILES string of the molecule is C[C@H]1CN(c2cccc(S(C)(=O)=O)c2)CCN1CC1CCC2(CC1)CC2(F)F. The average molecular weight is 413 g/mol. The van der Waals surface area contributed by atoms with Crippen molar-refractivity contribution in [3.8, 4) is 0 Å². The van der Waals surface area contributed by atoms with Crippen LogP contribution in [-0.2, 0) is 9.84 Å². The molecule has 1 aromatic rings. The van der Waals surface area contributed by atoms with Crippen LogP contribution < -0.4 is 4.90 Å². The molecule has 3 aliphatic rings. The van der Waals surface area contributed by atoms with Crippen LogP contribution in [0.2, 0.25) is 0 Å². The molecule has 2 saturated carbocycles. The molecule has 1 spiro atoms. The molecule has 4 rings (SSSR count). The van der Waals surface area contributed by atoms with Crippen molar-refractivity contribution in [1.82, 2.24) is 4.90 Å². The highest BCUT2D eigenvalue weighted by molar-refractivity contribution is 7.90. The van der Waals surface area contributed by atoms with Gasteiger partial charge in [-0.2, -0.15) is 0 Å². The Labute approximate surface area is 166 Å². The number of halogens is 2. The molecule has 1 heterocycles. The Kier molecular flexibility index (Phi) is 4.98. The number of benzene rings is 1. The molecule has 0 radical (unpaired) electrons. The summed E-state index contributed by atoms with van der Waals surface area (Å²) in [6.07, 6.45) is 4.53. The standard InChI is InChI=1S/C21H30F2N2O2S/c1-16-13-25(18-4-3-5-19(12-18)28(2,26)27)11-10-24(16)14-17-6-8-20(9-7-17)15-21(20,22)23/h3-5,12,16-17H,6-11,13-15H2,1-2H3/t16-,17?,20?/m0/s1.